The predicted octanol–water partition coefficient (Wildman–Crippen LogP) is 2.97. The summed E-state index contributed by atoms with van der Waals surface area (Å²) in [7, 11) is -3.79. The van der Waals surface area contributed by atoms with E-state index in [1.165, 1.54) is 4.90 Å². The number of hydrogen-bond donors (Lipinski definition) is 1. The van der Waals surface area contributed by atoms with Gasteiger partial charge >= 0.3 is 0 Å². The Balaban J connectivity index is 2.41. The number of hydrogen-bond acceptors (Lipinski definition) is 4. The molecule has 0 heterocycles. The fourth-order valence-electron chi connectivity index (χ4n) is 3.15. The molecule has 0 saturated carbocycles. The van der Waals surface area contributed by atoms with Crippen molar-refractivity contribution < 1.29 is 18.0 Å². The molecule has 1 N–H and O–H groups in total. The van der Waals surface area contributed by atoms with E-state index in [9.17, 15) is 18.0 Å². The van der Waals surface area contributed by atoms with Gasteiger partial charge in [0, 0.05) is 18.1 Å². The molecule has 2 aromatic carbocycles. The molecule has 0 radical (unpaired) electrons. The summed E-state index contributed by atoms with van der Waals surface area (Å²) in [5.74, 6) is -0.802. The number of likely N-dealkylation sites (N-methyl/N-ethyl adjacent to an activating group) is 1. The zero-order chi connectivity index (χ0) is 23.2. The van der Waals surface area contributed by atoms with Gasteiger partial charge in [0.2, 0.25) is 21.8 Å². The van der Waals surface area contributed by atoms with Gasteiger partial charge in [-0.1, -0.05) is 48.0 Å². The van der Waals surface area contributed by atoms with Crippen LogP contribution in [-0.4, -0.2) is 50.5 Å². The number of carbonyl (C=O) groups excluding carboxylic acids is 2. The molecule has 31 heavy (non-hydrogen) atoms. The van der Waals surface area contributed by atoms with Gasteiger partial charge in [0.15, 0.2) is 0 Å². The first kappa shape index (κ1) is 24.7. The van der Waals surface area contributed by atoms with E-state index in [1.54, 1.807) is 39.0 Å². The van der Waals surface area contributed by atoms with Gasteiger partial charge in [0.25, 0.3) is 0 Å². The van der Waals surface area contributed by atoms with Crippen molar-refractivity contribution in [3.8, 4) is 0 Å². The lowest BCUT2D eigenvalue weighted by Gasteiger charge is -2.32. The van der Waals surface area contributed by atoms with Crippen molar-refractivity contribution in [3.05, 3.63) is 64.7 Å². The standard InChI is InChI=1S/C22H28ClN3O4S/c1-5-24-22(28)17(3)25(14-18-10-7-6-8-11-18)21(27)15-26(31(4,29)30)20-13-9-12-19(23)16(20)2/h6-13,17H,5,14-15H2,1-4H3,(H,24,28)/t17-/m0/s1. The van der Waals surface area contributed by atoms with Crippen molar-refractivity contribution in [1.82, 2.24) is 10.2 Å². The maximum Gasteiger partial charge on any atom is 0.244 e. The number of benzene rings is 2. The van der Waals surface area contributed by atoms with E-state index in [1.807, 2.05) is 30.3 Å². The third kappa shape index (κ3) is 6.45. The minimum Gasteiger partial charge on any atom is -0.355 e. The summed E-state index contributed by atoms with van der Waals surface area (Å²) in [5.41, 5.74) is 1.71. The molecule has 0 spiro atoms. The first-order chi connectivity index (χ1) is 14.6. The van der Waals surface area contributed by atoms with E-state index in [2.05, 4.69) is 5.32 Å². The fourth-order valence-corrected chi connectivity index (χ4v) is 4.22. The topological polar surface area (TPSA) is 86.8 Å². The Kier molecular flexibility index (Phi) is 8.47. The van der Waals surface area contributed by atoms with E-state index in [-0.39, 0.29) is 12.5 Å². The molecule has 0 bridgehead atoms. The summed E-state index contributed by atoms with van der Waals surface area (Å²) in [6.07, 6.45) is 1.04. The quantitative estimate of drug-likeness (QED) is 0.616. The van der Waals surface area contributed by atoms with E-state index >= 15 is 0 Å². The highest BCUT2D eigenvalue weighted by molar-refractivity contribution is 7.92. The van der Waals surface area contributed by atoms with Crippen LogP contribution in [0.4, 0.5) is 5.69 Å². The third-order valence-corrected chi connectivity index (χ3v) is 6.44. The zero-order valence-corrected chi connectivity index (χ0v) is 19.7. The summed E-state index contributed by atoms with van der Waals surface area (Å²) < 4.78 is 26.1. The molecular formula is C22H28ClN3O4S. The molecule has 2 amide bonds. The molecule has 1 atom stereocenters. The molecule has 2 aromatic rings. The van der Waals surface area contributed by atoms with E-state index in [4.69, 9.17) is 11.6 Å². The van der Waals surface area contributed by atoms with Gasteiger partial charge in [0.1, 0.15) is 12.6 Å². The maximum atomic E-state index is 13.3. The molecule has 0 aromatic heterocycles. The van der Waals surface area contributed by atoms with Gasteiger partial charge in [-0.15, -0.1) is 0 Å². The third-order valence-electron chi connectivity index (χ3n) is 4.90. The van der Waals surface area contributed by atoms with Crippen LogP contribution in [0.5, 0.6) is 0 Å². The van der Waals surface area contributed by atoms with Crippen LogP contribution >= 0.6 is 11.6 Å². The highest BCUT2D eigenvalue weighted by atomic mass is 35.5. The molecule has 0 fully saturated rings. The Bertz CT molecular complexity index is 1030. The molecule has 0 aliphatic rings. The number of carbonyl (C=O) groups is 2. The van der Waals surface area contributed by atoms with Crippen LogP contribution < -0.4 is 9.62 Å². The first-order valence-corrected chi connectivity index (χ1v) is 12.1. The normalized spacial score (nSPS) is 12.2. The number of rotatable bonds is 9. The van der Waals surface area contributed by atoms with Crippen LogP contribution in [0.25, 0.3) is 0 Å². The van der Waals surface area contributed by atoms with Gasteiger partial charge < -0.3 is 10.2 Å². The van der Waals surface area contributed by atoms with Crippen molar-refractivity contribution in [1.29, 1.82) is 0 Å². The van der Waals surface area contributed by atoms with Crippen molar-refractivity contribution >= 4 is 39.1 Å². The van der Waals surface area contributed by atoms with Gasteiger partial charge in [-0.2, -0.15) is 0 Å². The van der Waals surface area contributed by atoms with Crippen LogP contribution in [0, 0.1) is 6.92 Å². The maximum absolute atomic E-state index is 13.3. The van der Waals surface area contributed by atoms with Gasteiger partial charge in [-0.25, -0.2) is 8.42 Å². The highest BCUT2D eigenvalue weighted by Crippen LogP contribution is 2.28. The molecule has 2 rings (SSSR count). The van der Waals surface area contributed by atoms with E-state index in [0.29, 0.717) is 22.8 Å². The Morgan fingerprint density at radius 2 is 1.74 bits per heavy atom. The minimum absolute atomic E-state index is 0.171. The largest absolute Gasteiger partial charge is 0.355 e. The van der Waals surface area contributed by atoms with Crippen molar-refractivity contribution in [2.24, 2.45) is 0 Å². The lowest BCUT2D eigenvalue weighted by molar-refractivity contribution is -0.139. The summed E-state index contributed by atoms with van der Waals surface area (Å²) in [5, 5.41) is 3.11. The van der Waals surface area contributed by atoms with Crippen LogP contribution in [0.3, 0.4) is 0 Å². The number of sulfonamides is 1. The summed E-state index contributed by atoms with van der Waals surface area (Å²) in [4.78, 5) is 27.2. The molecule has 0 aliphatic carbocycles. The molecule has 0 saturated heterocycles. The van der Waals surface area contributed by atoms with Crippen LogP contribution in [0.15, 0.2) is 48.5 Å². The van der Waals surface area contributed by atoms with E-state index in [0.717, 1.165) is 16.1 Å². The lowest BCUT2D eigenvalue weighted by Crippen LogP contribution is -2.51. The molecule has 0 aliphatic heterocycles. The number of amides is 2. The zero-order valence-electron chi connectivity index (χ0n) is 18.1. The molecule has 168 valence electrons. The number of nitrogens with one attached hydrogen (secondary N) is 1. The van der Waals surface area contributed by atoms with Gasteiger partial charge in [-0.3, -0.25) is 13.9 Å². The molecule has 9 heteroatoms. The summed E-state index contributed by atoms with van der Waals surface area (Å²) in [6, 6.07) is 13.3. The monoisotopic (exact) mass is 465 g/mol. The van der Waals surface area contributed by atoms with Crippen LogP contribution in [-0.2, 0) is 26.2 Å². The second-order valence-electron chi connectivity index (χ2n) is 7.23. The SMILES string of the molecule is CCNC(=O)[C@H](C)N(Cc1ccccc1)C(=O)CN(c1cccc(Cl)c1C)S(C)(=O)=O. The fraction of sp³-hybridized carbons (Fsp3) is 0.364. The number of anilines is 1. The molecule has 0 unspecified atom stereocenters. The van der Waals surface area contributed by atoms with Crippen LogP contribution in [0.1, 0.15) is 25.0 Å². The Morgan fingerprint density at radius 3 is 2.32 bits per heavy atom. The van der Waals surface area contributed by atoms with Crippen molar-refractivity contribution in [2.75, 3.05) is 23.7 Å². The average molecular weight is 466 g/mol. The average Bonchev–Trinajstić information content (AvgIpc) is 2.72. The van der Waals surface area contributed by atoms with Crippen molar-refractivity contribution in [3.63, 3.8) is 0 Å². The Labute approximate surface area is 189 Å². The minimum atomic E-state index is -3.79. The Hall–Kier alpha value is -2.58. The first-order valence-electron chi connectivity index (χ1n) is 9.90. The van der Waals surface area contributed by atoms with Crippen LogP contribution in [0.2, 0.25) is 5.02 Å². The number of halogens is 1. The second kappa shape index (κ2) is 10.6. The molecule has 7 nitrogen and oxygen atoms in total. The molecular weight excluding hydrogens is 438 g/mol. The Morgan fingerprint density at radius 1 is 1.10 bits per heavy atom. The highest BCUT2D eigenvalue weighted by Gasteiger charge is 2.30. The summed E-state index contributed by atoms with van der Waals surface area (Å²) in [6.45, 7) is 5.26. The van der Waals surface area contributed by atoms with E-state index < -0.39 is 28.5 Å². The number of nitrogens with zero attached hydrogens (tertiary/aromatic N) is 2. The van der Waals surface area contributed by atoms with Crippen molar-refractivity contribution in [2.45, 2.75) is 33.4 Å². The summed E-state index contributed by atoms with van der Waals surface area (Å²) >= 11 is 6.17. The second-order valence-corrected chi connectivity index (χ2v) is 9.55. The smallest absolute Gasteiger partial charge is 0.244 e. The lowest BCUT2D eigenvalue weighted by atomic mass is 10.1. The van der Waals surface area contributed by atoms with Gasteiger partial charge in [0.05, 0.1) is 11.9 Å². The predicted molar refractivity (Wildman–Crippen MR) is 124 cm³/mol. The van der Waals surface area contributed by atoms with Gasteiger partial charge in [-0.05, 0) is 44.0 Å².